The van der Waals surface area contributed by atoms with Crippen LogP contribution in [0.4, 0.5) is 0 Å². The van der Waals surface area contributed by atoms with E-state index in [4.69, 9.17) is 9.73 Å². The Balaban J connectivity index is 0.00000341. The molecule has 2 heterocycles. The molecular formula is C24H41IN4O2. The van der Waals surface area contributed by atoms with E-state index in [2.05, 4.69) is 59.7 Å². The molecule has 0 aromatic heterocycles. The van der Waals surface area contributed by atoms with E-state index in [0.29, 0.717) is 19.2 Å². The van der Waals surface area contributed by atoms with Gasteiger partial charge in [0.25, 0.3) is 0 Å². The third-order valence-electron chi connectivity index (χ3n) is 6.65. The normalized spacial score (nSPS) is 23.9. The molecule has 0 radical (unpaired) electrons. The van der Waals surface area contributed by atoms with Gasteiger partial charge in [-0.05, 0) is 57.2 Å². The van der Waals surface area contributed by atoms with Crippen molar-refractivity contribution in [3.63, 3.8) is 0 Å². The summed E-state index contributed by atoms with van der Waals surface area (Å²) < 4.78 is 5.62. The van der Waals surface area contributed by atoms with Gasteiger partial charge in [-0.1, -0.05) is 37.3 Å². The van der Waals surface area contributed by atoms with Crippen molar-refractivity contribution in [2.75, 3.05) is 52.5 Å². The van der Waals surface area contributed by atoms with Gasteiger partial charge in [0.15, 0.2) is 5.96 Å². The van der Waals surface area contributed by atoms with Crippen LogP contribution in [0.25, 0.3) is 0 Å². The number of hydrogen-bond acceptors (Lipinski definition) is 4. The highest BCUT2D eigenvalue weighted by molar-refractivity contribution is 14.0. The average molecular weight is 545 g/mol. The van der Waals surface area contributed by atoms with Gasteiger partial charge in [0.05, 0.1) is 19.2 Å². The van der Waals surface area contributed by atoms with Crippen molar-refractivity contribution in [2.45, 2.75) is 45.6 Å². The predicted molar refractivity (Wildman–Crippen MR) is 138 cm³/mol. The van der Waals surface area contributed by atoms with Gasteiger partial charge in [0, 0.05) is 31.7 Å². The standard InChI is InChI=1S/C24H40N4O2.HI/c1-3-25-23(27-18-24(11-15-29)12-16-30-19-24)26-17-22(21-7-5-4-6-8-21)28-13-9-20(2)10-14-28;/h4-8,20,22,29H,3,9-19H2,1-2H3,(H2,25,26,27);1H. The number of rotatable bonds is 9. The maximum absolute atomic E-state index is 9.48. The molecule has 2 fully saturated rings. The molecule has 1 aromatic rings. The van der Waals surface area contributed by atoms with Crippen molar-refractivity contribution in [1.29, 1.82) is 0 Å². The fourth-order valence-electron chi connectivity index (χ4n) is 4.54. The molecule has 2 saturated heterocycles. The molecule has 0 amide bonds. The van der Waals surface area contributed by atoms with Crippen LogP contribution in [0.1, 0.15) is 51.1 Å². The van der Waals surface area contributed by atoms with Crippen molar-refractivity contribution < 1.29 is 9.84 Å². The van der Waals surface area contributed by atoms with Crippen LogP contribution < -0.4 is 10.6 Å². The summed E-state index contributed by atoms with van der Waals surface area (Å²) in [6, 6.07) is 11.2. The number of hydrogen-bond donors (Lipinski definition) is 3. The monoisotopic (exact) mass is 544 g/mol. The Morgan fingerprint density at radius 2 is 2.00 bits per heavy atom. The topological polar surface area (TPSA) is 69.1 Å². The molecule has 7 heteroatoms. The first-order chi connectivity index (χ1) is 14.7. The zero-order valence-electron chi connectivity index (χ0n) is 19.2. The lowest BCUT2D eigenvalue weighted by molar-refractivity contribution is 0.131. The molecule has 176 valence electrons. The minimum Gasteiger partial charge on any atom is -0.396 e. The van der Waals surface area contributed by atoms with Gasteiger partial charge in [-0.25, -0.2) is 0 Å². The molecule has 3 rings (SSSR count). The predicted octanol–water partition coefficient (Wildman–Crippen LogP) is 3.42. The molecule has 3 N–H and O–H groups in total. The van der Waals surface area contributed by atoms with Crippen molar-refractivity contribution >= 4 is 29.9 Å². The van der Waals surface area contributed by atoms with Gasteiger partial charge in [-0.15, -0.1) is 24.0 Å². The smallest absolute Gasteiger partial charge is 0.191 e. The first kappa shape index (κ1) is 26.4. The third kappa shape index (κ3) is 7.87. The van der Waals surface area contributed by atoms with Crippen LogP contribution in [0.3, 0.4) is 0 Å². The number of halogens is 1. The summed E-state index contributed by atoms with van der Waals surface area (Å²) in [5.41, 5.74) is 1.33. The van der Waals surface area contributed by atoms with E-state index in [1.807, 2.05) is 0 Å². The van der Waals surface area contributed by atoms with Crippen LogP contribution in [-0.2, 0) is 4.74 Å². The highest BCUT2D eigenvalue weighted by Gasteiger charge is 2.34. The number of guanidine groups is 1. The number of likely N-dealkylation sites (tertiary alicyclic amines) is 1. The minimum absolute atomic E-state index is 0. The Hall–Kier alpha value is -0.900. The van der Waals surface area contributed by atoms with Crippen LogP contribution in [0.15, 0.2) is 35.3 Å². The summed E-state index contributed by atoms with van der Waals surface area (Å²) >= 11 is 0. The molecule has 0 aliphatic carbocycles. The molecule has 1 aromatic carbocycles. The summed E-state index contributed by atoms with van der Waals surface area (Å²) in [5.74, 6) is 1.67. The summed E-state index contributed by atoms with van der Waals surface area (Å²) in [4.78, 5) is 7.51. The van der Waals surface area contributed by atoms with E-state index >= 15 is 0 Å². The molecule has 2 aliphatic heterocycles. The van der Waals surface area contributed by atoms with E-state index in [0.717, 1.165) is 57.5 Å². The highest BCUT2D eigenvalue weighted by Crippen LogP contribution is 2.32. The number of nitrogens with zero attached hydrogens (tertiary/aromatic N) is 2. The molecule has 2 unspecified atom stereocenters. The van der Waals surface area contributed by atoms with E-state index in [-0.39, 0.29) is 36.0 Å². The number of aliphatic imine (C=N–C) groups is 1. The molecule has 6 nitrogen and oxygen atoms in total. The zero-order chi connectivity index (χ0) is 21.2. The van der Waals surface area contributed by atoms with Crippen molar-refractivity contribution in [2.24, 2.45) is 16.3 Å². The Kier molecular flexibility index (Phi) is 11.6. The maximum Gasteiger partial charge on any atom is 0.191 e. The molecule has 0 saturated carbocycles. The lowest BCUT2D eigenvalue weighted by Gasteiger charge is -2.37. The number of aliphatic hydroxyl groups is 1. The fourth-order valence-corrected chi connectivity index (χ4v) is 4.54. The first-order valence-corrected chi connectivity index (χ1v) is 11.7. The quantitative estimate of drug-likeness (QED) is 0.253. The maximum atomic E-state index is 9.48. The Bertz CT molecular complexity index is 644. The molecule has 2 atom stereocenters. The first-order valence-electron chi connectivity index (χ1n) is 11.7. The Labute approximate surface area is 205 Å². The molecular weight excluding hydrogens is 503 g/mol. The van der Waals surface area contributed by atoms with Crippen LogP contribution in [0.2, 0.25) is 0 Å². The SMILES string of the molecule is CCNC(=NCC1(CCO)CCOC1)NCC(c1ccccc1)N1CCC(C)CC1.I. The Morgan fingerprint density at radius 1 is 1.26 bits per heavy atom. The number of piperidine rings is 1. The summed E-state index contributed by atoms with van der Waals surface area (Å²) in [6.07, 6.45) is 4.24. The largest absolute Gasteiger partial charge is 0.396 e. The molecule has 0 spiro atoms. The van der Waals surface area contributed by atoms with Crippen molar-refractivity contribution in [3.8, 4) is 0 Å². The van der Waals surface area contributed by atoms with E-state index < -0.39 is 0 Å². The molecule has 31 heavy (non-hydrogen) atoms. The van der Waals surface area contributed by atoms with Gasteiger partial charge in [0.2, 0.25) is 0 Å². The zero-order valence-corrected chi connectivity index (χ0v) is 21.5. The van der Waals surface area contributed by atoms with Gasteiger partial charge < -0.3 is 20.5 Å². The van der Waals surface area contributed by atoms with Gasteiger partial charge >= 0.3 is 0 Å². The van der Waals surface area contributed by atoms with Crippen LogP contribution in [0, 0.1) is 11.3 Å². The number of nitrogens with one attached hydrogen (secondary N) is 2. The summed E-state index contributed by atoms with van der Waals surface area (Å²) in [5, 5.41) is 16.5. The van der Waals surface area contributed by atoms with Gasteiger partial charge in [0.1, 0.15) is 0 Å². The van der Waals surface area contributed by atoms with E-state index in [1.165, 1.54) is 18.4 Å². The lowest BCUT2D eigenvalue weighted by Crippen LogP contribution is -2.45. The lowest BCUT2D eigenvalue weighted by atomic mass is 9.84. The van der Waals surface area contributed by atoms with Gasteiger partial charge in [-0.2, -0.15) is 0 Å². The number of aliphatic hydroxyl groups excluding tert-OH is 1. The number of benzene rings is 1. The molecule has 2 aliphatic rings. The highest BCUT2D eigenvalue weighted by atomic mass is 127. The van der Waals surface area contributed by atoms with Crippen molar-refractivity contribution in [3.05, 3.63) is 35.9 Å². The number of ether oxygens (including phenoxy) is 1. The fraction of sp³-hybridized carbons (Fsp3) is 0.708. The van der Waals surface area contributed by atoms with Crippen molar-refractivity contribution in [1.82, 2.24) is 15.5 Å². The third-order valence-corrected chi connectivity index (χ3v) is 6.65. The Morgan fingerprint density at radius 3 is 2.61 bits per heavy atom. The molecule has 0 bridgehead atoms. The van der Waals surface area contributed by atoms with Crippen LogP contribution in [0.5, 0.6) is 0 Å². The summed E-state index contributed by atoms with van der Waals surface area (Å²) in [7, 11) is 0. The second kappa shape index (κ2) is 13.6. The van der Waals surface area contributed by atoms with Crippen LogP contribution >= 0.6 is 24.0 Å². The second-order valence-electron chi connectivity index (χ2n) is 9.00. The van der Waals surface area contributed by atoms with E-state index in [1.54, 1.807) is 0 Å². The second-order valence-corrected chi connectivity index (χ2v) is 9.00. The minimum atomic E-state index is -0.0288. The van der Waals surface area contributed by atoms with E-state index in [9.17, 15) is 5.11 Å². The summed E-state index contributed by atoms with van der Waals surface area (Å²) in [6.45, 7) is 10.7. The van der Waals surface area contributed by atoms with Gasteiger partial charge in [-0.3, -0.25) is 9.89 Å². The van der Waals surface area contributed by atoms with Crippen LogP contribution in [-0.4, -0.2) is 68.5 Å². The average Bonchev–Trinajstić information content (AvgIpc) is 3.23.